The van der Waals surface area contributed by atoms with Crippen molar-refractivity contribution in [2.75, 3.05) is 5.32 Å². The van der Waals surface area contributed by atoms with Crippen molar-refractivity contribution in [1.29, 1.82) is 0 Å². The van der Waals surface area contributed by atoms with Crippen molar-refractivity contribution in [3.8, 4) is 5.69 Å². The largest absolute Gasteiger partial charge is 0.320 e. The SMILES string of the molecule is Cc1c(NC(=O)CCc2ccccc2)c(=O)n(-c2ccccc2)n1C. The topological polar surface area (TPSA) is 56.0 Å². The van der Waals surface area contributed by atoms with Crippen molar-refractivity contribution in [2.24, 2.45) is 7.05 Å². The summed E-state index contributed by atoms with van der Waals surface area (Å²) < 4.78 is 3.31. The molecular weight excluding hydrogens is 314 g/mol. The number of hydrogen-bond donors (Lipinski definition) is 1. The molecule has 0 spiro atoms. The number of amides is 1. The second-order valence-electron chi connectivity index (χ2n) is 5.97. The molecule has 25 heavy (non-hydrogen) atoms. The first-order valence-corrected chi connectivity index (χ1v) is 8.25. The monoisotopic (exact) mass is 335 g/mol. The number of aryl methyl sites for hydroxylation is 1. The van der Waals surface area contributed by atoms with Crippen LogP contribution in [0.5, 0.6) is 0 Å². The van der Waals surface area contributed by atoms with Gasteiger partial charge in [0.25, 0.3) is 5.56 Å². The number of anilines is 1. The fraction of sp³-hybridized carbons (Fsp3) is 0.200. The van der Waals surface area contributed by atoms with E-state index in [1.165, 1.54) is 0 Å². The quantitative estimate of drug-likeness (QED) is 0.779. The van der Waals surface area contributed by atoms with Crippen LogP contribution in [0.2, 0.25) is 0 Å². The third kappa shape index (κ3) is 3.55. The van der Waals surface area contributed by atoms with E-state index in [0.717, 1.165) is 16.9 Å². The van der Waals surface area contributed by atoms with Crippen LogP contribution < -0.4 is 10.9 Å². The molecule has 0 aliphatic rings. The Hall–Kier alpha value is -3.08. The number of carbonyl (C=O) groups is 1. The fourth-order valence-electron chi connectivity index (χ4n) is 2.82. The van der Waals surface area contributed by atoms with Crippen molar-refractivity contribution in [3.63, 3.8) is 0 Å². The van der Waals surface area contributed by atoms with Crippen molar-refractivity contribution in [1.82, 2.24) is 9.36 Å². The molecule has 5 nitrogen and oxygen atoms in total. The molecule has 3 rings (SSSR count). The maximum atomic E-state index is 12.7. The van der Waals surface area contributed by atoms with Crippen LogP contribution in [0, 0.1) is 6.92 Å². The van der Waals surface area contributed by atoms with Gasteiger partial charge < -0.3 is 5.32 Å². The number of benzene rings is 2. The van der Waals surface area contributed by atoms with E-state index in [1.54, 1.807) is 9.36 Å². The predicted octanol–water partition coefficient (Wildman–Crippen LogP) is 3.06. The number of nitrogens with zero attached hydrogens (tertiary/aromatic N) is 2. The Morgan fingerprint density at radius 2 is 1.60 bits per heavy atom. The van der Waals surface area contributed by atoms with E-state index >= 15 is 0 Å². The van der Waals surface area contributed by atoms with Gasteiger partial charge in [0.15, 0.2) is 0 Å². The summed E-state index contributed by atoms with van der Waals surface area (Å²) in [4.78, 5) is 25.0. The van der Waals surface area contributed by atoms with Crippen LogP contribution in [0.3, 0.4) is 0 Å². The lowest BCUT2D eigenvalue weighted by atomic mass is 10.1. The number of carbonyl (C=O) groups excluding carboxylic acids is 1. The van der Waals surface area contributed by atoms with E-state index in [4.69, 9.17) is 0 Å². The van der Waals surface area contributed by atoms with Gasteiger partial charge in [-0.2, -0.15) is 0 Å². The minimum Gasteiger partial charge on any atom is -0.320 e. The normalized spacial score (nSPS) is 10.6. The van der Waals surface area contributed by atoms with Crippen LogP contribution in [0.4, 0.5) is 5.69 Å². The maximum absolute atomic E-state index is 12.7. The molecule has 3 aromatic rings. The van der Waals surface area contributed by atoms with E-state index in [-0.39, 0.29) is 11.5 Å². The van der Waals surface area contributed by atoms with Gasteiger partial charge in [0.05, 0.1) is 11.4 Å². The number of hydrogen-bond acceptors (Lipinski definition) is 2. The summed E-state index contributed by atoms with van der Waals surface area (Å²) >= 11 is 0. The molecule has 0 bridgehead atoms. The van der Waals surface area contributed by atoms with Crippen LogP contribution in [-0.2, 0) is 18.3 Å². The molecule has 2 aromatic carbocycles. The second kappa shape index (κ2) is 7.21. The minimum absolute atomic E-state index is 0.158. The van der Waals surface area contributed by atoms with E-state index in [1.807, 2.05) is 74.6 Å². The average molecular weight is 335 g/mol. The highest BCUT2D eigenvalue weighted by atomic mass is 16.2. The summed E-state index contributed by atoms with van der Waals surface area (Å²) in [6.07, 6.45) is 0.981. The van der Waals surface area contributed by atoms with Crippen LogP contribution >= 0.6 is 0 Å². The Balaban J connectivity index is 1.79. The zero-order chi connectivity index (χ0) is 17.8. The minimum atomic E-state index is -0.223. The van der Waals surface area contributed by atoms with Crippen LogP contribution in [0.1, 0.15) is 17.7 Å². The van der Waals surface area contributed by atoms with Crippen molar-refractivity contribution in [2.45, 2.75) is 19.8 Å². The first kappa shape index (κ1) is 16.8. The second-order valence-corrected chi connectivity index (χ2v) is 5.97. The van der Waals surface area contributed by atoms with E-state index in [0.29, 0.717) is 18.5 Å². The Morgan fingerprint density at radius 3 is 2.24 bits per heavy atom. The Morgan fingerprint density at radius 1 is 1.00 bits per heavy atom. The van der Waals surface area contributed by atoms with Gasteiger partial charge in [-0.3, -0.25) is 14.3 Å². The van der Waals surface area contributed by atoms with E-state index < -0.39 is 0 Å². The number of nitrogens with one attached hydrogen (secondary N) is 1. The standard InChI is InChI=1S/C20H21N3O2/c1-15-19(21-18(24)14-13-16-9-5-3-6-10-16)20(25)23(22(15)2)17-11-7-4-8-12-17/h3-12H,13-14H2,1-2H3,(H,21,24). The van der Waals surface area contributed by atoms with Crippen molar-refractivity contribution >= 4 is 11.6 Å². The molecular formula is C20H21N3O2. The van der Waals surface area contributed by atoms with Crippen LogP contribution in [0.15, 0.2) is 65.5 Å². The molecule has 128 valence electrons. The Labute approximate surface area is 146 Å². The lowest BCUT2D eigenvalue weighted by molar-refractivity contribution is -0.116. The molecule has 0 aliphatic heterocycles. The number of rotatable bonds is 5. The van der Waals surface area contributed by atoms with Gasteiger partial charge in [0, 0.05) is 13.5 Å². The highest BCUT2D eigenvalue weighted by Crippen LogP contribution is 2.14. The first-order chi connectivity index (χ1) is 12.1. The molecule has 0 aliphatic carbocycles. The summed E-state index contributed by atoms with van der Waals surface area (Å²) in [6.45, 7) is 1.83. The zero-order valence-corrected chi connectivity index (χ0v) is 14.4. The molecule has 0 saturated carbocycles. The average Bonchev–Trinajstić information content (AvgIpc) is 2.85. The van der Waals surface area contributed by atoms with Gasteiger partial charge in [-0.25, -0.2) is 4.68 Å². The Bertz CT molecular complexity index is 925. The fourth-order valence-corrected chi connectivity index (χ4v) is 2.82. The zero-order valence-electron chi connectivity index (χ0n) is 14.4. The van der Waals surface area contributed by atoms with Crippen LogP contribution in [0.25, 0.3) is 5.69 Å². The number of aromatic nitrogens is 2. The smallest absolute Gasteiger partial charge is 0.295 e. The summed E-state index contributed by atoms with van der Waals surface area (Å²) in [5, 5.41) is 2.79. The molecule has 1 heterocycles. The lowest BCUT2D eigenvalue weighted by Gasteiger charge is -2.07. The van der Waals surface area contributed by atoms with Gasteiger partial charge >= 0.3 is 0 Å². The summed E-state index contributed by atoms with van der Waals surface area (Å²) in [7, 11) is 1.81. The maximum Gasteiger partial charge on any atom is 0.295 e. The van der Waals surface area contributed by atoms with Crippen molar-refractivity contribution in [3.05, 3.63) is 82.3 Å². The Kier molecular flexibility index (Phi) is 4.84. The summed E-state index contributed by atoms with van der Waals surface area (Å²) in [5.41, 5.74) is 2.71. The molecule has 0 atom stereocenters. The molecule has 1 aromatic heterocycles. The molecule has 5 heteroatoms. The van der Waals surface area contributed by atoms with Gasteiger partial charge in [0.2, 0.25) is 5.91 Å². The van der Waals surface area contributed by atoms with Gasteiger partial charge in [0.1, 0.15) is 5.69 Å². The van der Waals surface area contributed by atoms with Crippen molar-refractivity contribution < 1.29 is 4.79 Å². The third-order valence-electron chi connectivity index (χ3n) is 4.30. The van der Waals surface area contributed by atoms with Gasteiger partial charge in [-0.15, -0.1) is 0 Å². The van der Waals surface area contributed by atoms with E-state index in [2.05, 4.69) is 5.32 Å². The predicted molar refractivity (Wildman–Crippen MR) is 99.1 cm³/mol. The van der Waals surface area contributed by atoms with Crippen LogP contribution in [-0.4, -0.2) is 15.3 Å². The highest BCUT2D eigenvalue weighted by molar-refractivity contribution is 5.91. The summed E-state index contributed by atoms with van der Waals surface area (Å²) in [6, 6.07) is 19.2. The van der Waals surface area contributed by atoms with Gasteiger partial charge in [-0.05, 0) is 31.0 Å². The van der Waals surface area contributed by atoms with Gasteiger partial charge in [-0.1, -0.05) is 48.5 Å². The molecule has 1 amide bonds. The highest BCUT2D eigenvalue weighted by Gasteiger charge is 2.17. The first-order valence-electron chi connectivity index (χ1n) is 8.25. The molecule has 0 fully saturated rings. The molecule has 0 unspecified atom stereocenters. The lowest BCUT2D eigenvalue weighted by Crippen LogP contribution is -2.23. The third-order valence-corrected chi connectivity index (χ3v) is 4.30. The van der Waals surface area contributed by atoms with E-state index in [9.17, 15) is 9.59 Å². The molecule has 0 radical (unpaired) electrons. The summed E-state index contributed by atoms with van der Waals surface area (Å²) in [5.74, 6) is -0.158. The molecule has 0 saturated heterocycles. The number of para-hydroxylation sites is 1. The molecule has 1 N–H and O–H groups in total.